The van der Waals surface area contributed by atoms with Crippen LogP contribution in [0, 0.1) is 23.7 Å². The molecule has 0 spiro atoms. The van der Waals surface area contributed by atoms with Crippen molar-refractivity contribution in [1.82, 2.24) is 0 Å². The van der Waals surface area contributed by atoms with Crippen molar-refractivity contribution in [1.29, 1.82) is 0 Å². The third-order valence-electron chi connectivity index (χ3n) is 6.14. The van der Waals surface area contributed by atoms with E-state index in [4.69, 9.17) is 4.74 Å². The van der Waals surface area contributed by atoms with Gasteiger partial charge < -0.3 is 15.2 Å². The predicted molar refractivity (Wildman–Crippen MR) is 106 cm³/mol. The minimum Gasteiger partial charge on any atom is -0.481 e. The van der Waals surface area contributed by atoms with Crippen LogP contribution in [-0.2, 0) is 27.2 Å². The number of rotatable bonds is 6. The van der Waals surface area contributed by atoms with E-state index in [0.717, 1.165) is 49.0 Å². The molecule has 0 radical (unpaired) electrons. The van der Waals surface area contributed by atoms with Gasteiger partial charge in [0.2, 0.25) is 5.91 Å². The van der Waals surface area contributed by atoms with Gasteiger partial charge in [-0.2, -0.15) is 0 Å². The monoisotopic (exact) mass is 403 g/mol. The summed E-state index contributed by atoms with van der Waals surface area (Å²) >= 11 is 1.43. The van der Waals surface area contributed by atoms with Gasteiger partial charge in [0.15, 0.2) is 0 Å². The number of allylic oxidation sites excluding steroid dienone is 2. The summed E-state index contributed by atoms with van der Waals surface area (Å²) in [5.74, 6) is -3.07. The first-order valence-corrected chi connectivity index (χ1v) is 10.9. The van der Waals surface area contributed by atoms with Gasteiger partial charge in [0.25, 0.3) is 0 Å². The van der Waals surface area contributed by atoms with E-state index in [-0.39, 0.29) is 17.7 Å². The second-order valence-electron chi connectivity index (χ2n) is 7.87. The van der Waals surface area contributed by atoms with Crippen LogP contribution in [0.2, 0.25) is 0 Å². The number of carbonyl (C=O) groups is 3. The Morgan fingerprint density at radius 3 is 2.54 bits per heavy atom. The smallest absolute Gasteiger partial charge is 0.341 e. The maximum absolute atomic E-state index is 13.1. The molecule has 0 aliphatic heterocycles. The summed E-state index contributed by atoms with van der Waals surface area (Å²) in [5.41, 5.74) is 1.46. The van der Waals surface area contributed by atoms with Gasteiger partial charge in [-0.1, -0.05) is 19.1 Å². The lowest BCUT2D eigenvalue weighted by atomic mass is 9.62. The van der Waals surface area contributed by atoms with Crippen molar-refractivity contribution in [2.75, 3.05) is 11.9 Å². The van der Waals surface area contributed by atoms with Crippen molar-refractivity contribution < 1.29 is 24.2 Å². The fourth-order valence-electron chi connectivity index (χ4n) is 4.86. The number of hydrogen-bond acceptors (Lipinski definition) is 5. The van der Waals surface area contributed by atoms with Crippen molar-refractivity contribution in [2.45, 2.75) is 45.4 Å². The molecule has 0 saturated heterocycles. The van der Waals surface area contributed by atoms with Gasteiger partial charge in [0.1, 0.15) is 5.00 Å². The van der Waals surface area contributed by atoms with E-state index in [9.17, 15) is 19.5 Å². The van der Waals surface area contributed by atoms with Gasteiger partial charge in [-0.05, 0) is 55.9 Å². The fraction of sp³-hybridized carbons (Fsp3) is 0.571. The van der Waals surface area contributed by atoms with Crippen LogP contribution >= 0.6 is 11.3 Å². The largest absolute Gasteiger partial charge is 0.481 e. The Labute approximate surface area is 168 Å². The first-order valence-electron chi connectivity index (χ1n) is 10.0. The van der Waals surface area contributed by atoms with Gasteiger partial charge in [0, 0.05) is 4.88 Å². The molecule has 1 aromatic rings. The molecule has 5 rings (SSSR count). The molecule has 0 aromatic carbocycles. The second kappa shape index (κ2) is 7.70. The van der Waals surface area contributed by atoms with E-state index in [1.54, 1.807) is 0 Å². The minimum atomic E-state index is -0.921. The highest BCUT2D eigenvalue weighted by atomic mass is 32.1. The Morgan fingerprint density at radius 1 is 1.18 bits per heavy atom. The summed E-state index contributed by atoms with van der Waals surface area (Å²) in [6.45, 7) is 2.28. The highest BCUT2D eigenvalue weighted by Crippen LogP contribution is 2.46. The van der Waals surface area contributed by atoms with Gasteiger partial charge in [0.05, 0.1) is 24.0 Å². The number of hydrogen-bond donors (Lipinski definition) is 2. The molecule has 1 saturated carbocycles. The zero-order valence-corrected chi connectivity index (χ0v) is 16.7. The summed E-state index contributed by atoms with van der Waals surface area (Å²) in [7, 11) is 0. The van der Waals surface area contributed by atoms with Crippen LogP contribution in [0.25, 0.3) is 0 Å². The highest BCUT2D eigenvalue weighted by Gasteiger charge is 2.48. The number of aryl methyl sites for hydroxylation is 1. The Morgan fingerprint density at radius 2 is 1.89 bits per heavy atom. The standard InChI is InChI=1S/C21H25NO5S/c1-2-10-27-21(26)17-13-4-3-5-14(13)28-19(17)22-18(23)15-11-6-8-12(9-7-11)16(15)20(24)25/h6,8,11-12,15-16H,2-5,7,9-10H2,1H3,(H,22,23)(H,24,25). The summed E-state index contributed by atoms with van der Waals surface area (Å²) in [4.78, 5) is 38.7. The van der Waals surface area contributed by atoms with E-state index >= 15 is 0 Å². The normalized spacial score (nSPS) is 27.5. The maximum atomic E-state index is 13.1. The first kappa shape index (κ1) is 19.2. The zero-order chi connectivity index (χ0) is 19.8. The molecular weight excluding hydrogens is 378 g/mol. The second-order valence-corrected chi connectivity index (χ2v) is 8.97. The first-order chi connectivity index (χ1) is 13.5. The summed E-state index contributed by atoms with van der Waals surface area (Å²) in [5, 5.41) is 13.1. The Balaban J connectivity index is 1.60. The highest BCUT2D eigenvalue weighted by molar-refractivity contribution is 7.17. The Hall–Kier alpha value is -2.15. The number of carboxylic acids is 1. The quantitative estimate of drug-likeness (QED) is 0.559. The topological polar surface area (TPSA) is 92.7 Å². The molecule has 2 N–H and O–H groups in total. The fourth-order valence-corrected chi connectivity index (χ4v) is 6.14. The molecule has 150 valence electrons. The number of ether oxygens (including phenoxy) is 1. The Kier molecular flexibility index (Phi) is 5.27. The molecule has 4 aliphatic carbocycles. The minimum absolute atomic E-state index is 0.0617. The van der Waals surface area contributed by atoms with E-state index in [1.165, 1.54) is 11.3 Å². The zero-order valence-electron chi connectivity index (χ0n) is 15.9. The molecule has 6 nitrogen and oxygen atoms in total. The summed E-state index contributed by atoms with van der Waals surface area (Å²) in [6, 6.07) is 0. The lowest BCUT2D eigenvalue weighted by molar-refractivity contribution is -0.151. The van der Waals surface area contributed by atoms with E-state index < -0.39 is 23.8 Å². The molecule has 2 bridgehead atoms. The molecular formula is C21H25NO5S. The number of aliphatic carboxylic acids is 1. The molecule has 1 aromatic heterocycles. The molecule has 7 heteroatoms. The van der Waals surface area contributed by atoms with E-state index in [2.05, 4.69) is 5.32 Å². The summed E-state index contributed by atoms with van der Waals surface area (Å²) < 4.78 is 5.35. The lowest BCUT2D eigenvalue weighted by Gasteiger charge is -2.41. The third-order valence-corrected chi connectivity index (χ3v) is 7.34. The van der Waals surface area contributed by atoms with Crippen LogP contribution in [0.4, 0.5) is 5.00 Å². The number of anilines is 1. The van der Waals surface area contributed by atoms with Crippen LogP contribution in [0.5, 0.6) is 0 Å². The molecule has 1 amide bonds. The average Bonchev–Trinajstić information content (AvgIpc) is 3.26. The van der Waals surface area contributed by atoms with Crippen LogP contribution in [0.3, 0.4) is 0 Å². The Bertz CT molecular complexity index is 842. The van der Waals surface area contributed by atoms with Gasteiger partial charge in [-0.25, -0.2) is 4.79 Å². The van der Waals surface area contributed by atoms with Crippen molar-refractivity contribution >= 4 is 34.2 Å². The molecule has 4 aliphatic rings. The number of nitrogens with one attached hydrogen (secondary N) is 1. The number of esters is 1. The SMILES string of the molecule is CCCOC(=O)c1c(NC(=O)C2C3C=CC(CC3)C2C(=O)O)sc2c1CCC2. The molecule has 4 atom stereocenters. The number of thiophene rings is 1. The van der Waals surface area contributed by atoms with Crippen LogP contribution < -0.4 is 5.32 Å². The average molecular weight is 404 g/mol. The molecule has 28 heavy (non-hydrogen) atoms. The molecule has 1 heterocycles. The molecule has 4 unspecified atom stereocenters. The van der Waals surface area contributed by atoms with Crippen molar-refractivity contribution in [2.24, 2.45) is 23.7 Å². The number of carbonyl (C=O) groups excluding carboxylic acids is 2. The van der Waals surface area contributed by atoms with Crippen molar-refractivity contribution in [3.05, 3.63) is 28.2 Å². The number of fused-ring (bicyclic) bond motifs is 3. The lowest BCUT2D eigenvalue weighted by Crippen LogP contribution is -2.47. The van der Waals surface area contributed by atoms with Crippen molar-refractivity contribution in [3.8, 4) is 0 Å². The van der Waals surface area contributed by atoms with Gasteiger partial charge >= 0.3 is 11.9 Å². The number of amides is 1. The van der Waals surface area contributed by atoms with E-state index in [1.807, 2.05) is 19.1 Å². The number of carboxylic acid groups (broad SMARTS) is 1. The third kappa shape index (κ3) is 3.26. The van der Waals surface area contributed by atoms with Gasteiger partial charge in [-0.3, -0.25) is 9.59 Å². The summed E-state index contributed by atoms with van der Waals surface area (Å²) in [6.07, 6.45) is 9.02. The van der Waals surface area contributed by atoms with Crippen LogP contribution in [0.15, 0.2) is 12.2 Å². The maximum Gasteiger partial charge on any atom is 0.341 e. The van der Waals surface area contributed by atoms with Crippen molar-refractivity contribution in [3.63, 3.8) is 0 Å². The van der Waals surface area contributed by atoms with Crippen LogP contribution in [-0.4, -0.2) is 29.6 Å². The molecule has 1 fully saturated rings. The van der Waals surface area contributed by atoms with E-state index in [0.29, 0.717) is 17.2 Å². The van der Waals surface area contributed by atoms with Crippen LogP contribution in [0.1, 0.15) is 53.4 Å². The predicted octanol–water partition coefficient (Wildman–Crippen LogP) is 3.66. The van der Waals surface area contributed by atoms with Gasteiger partial charge in [-0.15, -0.1) is 11.3 Å².